The predicted molar refractivity (Wildman–Crippen MR) is 64.4 cm³/mol. The topological polar surface area (TPSA) is 18.5 Å². The molecule has 0 aromatic carbocycles. The fourth-order valence-corrected chi connectivity index (χ4v) is 3.43. The number of halogens is 1. The molecule has 2 rings (SSSR count). The summed E-state index contributed by atoms with van der Waals surface area (Å²) in [7, 11) is 0. The first-order valence-electron chi connectivity index (χ1n) is 6.04. The third-order valence-electron chi connectivity index (χ3n) is 4.14. The molecule has 1 saturated heterocycles. The van der Waals surface area contributed by atoms with Crippen molar-refractivity contribution >= 4 is 15.9 Å². The second-order valence-electron chi connectivity index (χ2n) is 5.02. The standard InChI is InChI=1S/C12H21BrO2/c1-3-12(2)10(13)7-11(12)15-8-9-5-4-6-14-9/h9-11H,3-8H2,1-2H3. The van der Waals surface area contributed by atoms with Crippen LogP contribution in [-0.2, 0) is 9.47 Å². The van der Waals surface area contributed by atoms with Crippen LogP contribution >= 0.6 is 15.9 Å². The summed E-state index contributed by atoms with van der Waals surface area (Å²) in [4.78, 5) is 0.629. The van der Waals surface area contributed by atoms with Crippen LogP contribution in [0.3, 0.4) is 0 Å². The van der Waals surface area contributed by atoms with Gasteiger partial charge in [-0.25, -0.2) is 0 Å². The number of alkyl halides is 1. The zero-order chi connectivity index (χ0) is 10.9. The number of rotatable bonds is 4. The van der Waals surface area contributed by atoms with Gasteiger partial charge in [0, 0.05) is 16.8 Å². The van der Waals surface area contributed by atoms with Gasteiger partial charge >= 0.3 is 0 Å². The third kappa shape index (κ3) is 2.25. The molecule has 15 heavy (non-hydrogen) atoms. The lowest BCUT2D eigenvalue weighted by Crippen LogP contribution is -2.53. The van der Waals surface area contributed by atoms with Crippen molar-refractivity contribution in [2.24, 2.45) is 5.41 Å². The van der Waals surface area contributed by atoms with E-state index in [4.69, 9.17) is 9.47 Å². The first kappa shape index (κ1) is 11.9. The van der Waals surface area contributed by atoms with Gasteiger partial charge in [0.25, 0.3) is 0 Å². The van der Waals surface area contributed by atoms with Crippen molar-refractivity contribution in [3.05, 3.63) is 0 Å². The Balaban J connectivity index is 1.75. The minimum atomic E-state index is 0.332. The van der Waals surface area contributed by atoms with Crippen LogP contribution < -0.4 is 0 Å². The van der Waals surface area contributed by atoms with Crippen LogP contribution in [0, 0.1) is 5.41 Å². The molecule has 0 aromatic heterocycles. The van der Waals surface area contributed by atoms with Crippen LogP contribution in [0.25, 0.3) is 0 Å². The van der Waals surface area contributed by atoms with Crippen molar-refractivity contribution in [2.45, 2.75) is 56.6 Å². The zero-order valence-electron chi connectivity index (χ0n) is 9.67. The van der Waals surface area contributed by atoms with Gasteiger partial charge in [-0.3, -0.25) is 0 Å². The van der Waals surface area contributed by atoms with E-state index in [0.29, 0.717) is 22.5 Å². The molecular formula is C12H21BrO2. The Morgan fingerprint density at radius 2 is 2.33 bits per heavy atom. The molecule has 4 atom stereocenters. The van der Waals surface area contributed by atoms with Crippen molar-refractivity contribution in [3.8, 4) is 0 Å². The molecule has 1 aliphatic heterocycles. The first-order chi connectivity index (χ1) is 7.16. The molecule has 2 nitrogen and oxygen atoms in total. The van der Waals surface area contributed by atoms with E-state index in [1.165, 1.54) is 19.3 Å². The van der Waals surface area contributed by atoms with E-state index in [1.807, 2.05) is 0 Å². The highest BCUT2D eigenvalue weighted by Crippen LogP contribution is 2.50. The quantitative estimate of drug-likeness (QED) is 0.735. The molecule has 0 spiro atoms. The maximum atomic E-state index is 5.98. The monoisotopic (exact) mass is 276 g/mol. The highest BCUT2D eigenvalue weighted by Gasteiger charge is 2.50. The van der Waals surface area contributed by atoms with E-state index in [1.54, 1.807) is 0 Å². The van der Waals surface area contributed by atoms with Gasteiger partial charge in [0.05, 0.1) is 18.8 Å². The lowest BCUT2D eigenvalue weighted by molar-refractivity contribution is -0.119. The number of ether oxygens (including phenoxy) is 2. The third-order valence-corrected chi connectivity index (χ3v) is 5.56. The van der Waals surface area contributed by atoms with Crippen molar-refractivity contribution < 1.29 is 9.47 Å². The second-order valence-corrected chi connectivity index (χ2v) is 6.12. The van der Waals surface area contributed by atoms with Crippen LogP contribution in [0.2, 0.25) is 0 Å². The average Bonchev–Trinajstić information content (AvgIpc) is 2.75. The summed E-state index contributed by atoms with van der Waals surface area (Å²) in [5.74, 6) is 0. The van der Waals surface area contributed by atoms with E-state index >= 15 is 0 Å². The summed E-state index contributed by atoms with van der Waals surface area (Å²) in [5, 5.41) is 0. The van der Waals surface area contributed by atoms with Crippen LogP contribution in [0.1, 0.15) is 39.5 Å². The Hall–Kier alpha value is 0.400. The molecule has 0 N–H and O–H groups in total. The first-order valence-corrected chi connectivity index (χ1v) is 6.95. The summed E-state index contributed by atoms with van der Waals surface area (Å²) < 4.78 is 11.5. The van der Waals surface area contributed by atoms with Crippen LogP contribution in [-0.4, -0.2) is 30.2 Å². The maximum Gasteiger partial charge on any atom is 0.0809 e. The van der Waals surface area contributed by atoms with Crippen molar-refractivity contribution in [1.29, 1.82) is 0 Å². The van der Waals surface area contributed by atoms with Gasteiger partial charge < -0.3 is 9.47 Å². The fraction of sp³-hybridized carbons (Fsp3) is 1.00. The van der Waals surface area contributed by atoms with Crippen LogP contribution in [0.15, 0.2) is 0 Å². The summed E-state index contributed by atoms with van der Waals surface area (Å²) >= 11 is 3.73. The normalized spacial score (nSPS) is 45.4. The molecule has 1 saturated carbocycles. The average molecular weight is 277 g/mol. The fourth-order valence-electron chi connectivity index (χ4n) is 2.47. The Bertz CT molecular complexity index is 216. The SMILES string of the molecule is CCC1(C)C(Br)CC1OCC1CCCO1. The highest BCUT2D eigenvalue weighted by atomic mass is 79.9. The summed E-state index contributed by atoms with van der Waals surface area (Å²) in [5.41, 5.74) is 0.332. The lowest BCUT2D eigenvalue weighted by atomic mass is 9.66. The van der Waals surface area contributed by atoms with Gasteiger partial charge in [-0.1, -0.05) is 29.8 Å². The van der Waals surface area contributed by atoms with Crippen LogP contribution in [0.5, 0.6) is 0 Å². The van der Waals surface area contributed by atoms with E-state index < -0.39 is 0 Å². The molecule has 0 amide bonds. The predicted octanol–water partition coefficient (Wildman–Crippen LogP) is 3.13. The molecule has 0 radical (unpaired) electrons. The molecule has 4 unspecified atom stereocenters. The molecule has 1 aliphatic carbocycles. The van der Waals surface area contributed by atoms with Crippen molar-refractivity contribution in [2.75, 3.05) is 13.2 Å². The minimum absolute atomic E-state index is 0.332. The highest BCUT2D eigenvalue weighted by molar-refractivity contribution is 9.09. The molecule has 3 heteroatoms. The van der Waals surface area contributed by atoms with E-state index in [9.17, 15) is 0 Å². The van der Waals surface area contributed by atoms with Crippen molar-refractivity contribution in [1.82, 2.24) is 0 Å². The van der Waals surface area contributed by atoms with Gasteiger partial charge in [-0.05, 0) is 25.7 Å². The molecule has 0 aromatic rings. The van der Waals surface area contributed by atoms with E-state index in [-0.39, 0.29) is 0 Å². The van der Waals surface area contributed by atoms with Gasteiger partial charge in [0.1, 0.15) is 0 Å². The smallest absolute Gasteiger partial charge is 0.0809 e. The number of hydrogen-bond acceptors (Lipinski definition) is 2. The second kappa shape index (κ2) is 4.72. The van der Waals surface area contributed by atoms with Gasteiger partial charge in [0.15, 0.2) is 0 Å². The number of hydrogen-bond donors (Lipinski definition) is 0. The molecule has 0 bridgehead atoms. The molecule has 88 valence electrons. The summed E-state index contributed by atoms with van der Waals surface area (Å²) in [6, 6.07) is 0. The molecule has 2 aliphatic rings. The van der Waals surface area contributed by atoms with Gasteiger partial charge in [0.2, 0.25) is 0 Å². The Morgan fingerprint density at radius 3 is 2.87 bits per heavy atom. The van der Waals surface area contributed by atoms with Gasteiger partial charge in [-0.2, -0.15) is 0 Å². The largest absolute Gasteiger partial charge is 0.376 e. The van der Waals surface area contributed by atoms with E-state index in [0.717, 1.165) is 19.6 Å². The zero-order valence-corrected chi connectivity index (χ0v) is 11.3. The van der Waals surface area contributed by atoms with Crippen molar-refractivity contribution in [3.63, 3.8) is 0 Å². The molecular weight excluding hydrogens is 256 g/mol. The van der Waals surface area contributed by atoms with E-state index in [2.05, 4.69) is 29.8 Å². The molecule has 1 heterocycles. The molecule has 2 fully saturated rings. The Kier molecular flexibility index (Phi) is 3.74. The Labute approximate surface area is 101 Å². The lowest BCUT2D eigenvalue weighted by Gasteiger charge is -2.51. The maximum absolute atomic E-state index is 5.98. The Morgan fingerprint density at radius 1 is 1.53 bits per heavy atom. The summed E-state index contributed by atoms with van der Waals surface area (Å²) in [6.45, 7) is 6.27. The van der Waals surface area contributed by atoms with Crippen LogP contribution in [0.4, 0.5) is 0 Å². The summed E-state index contributed by atoms with van der Waals surface area (Å²) in [6.07, 6.45) is 5.49. The van der Waals surface area contributed by atoms with Gasteiger partial charge in [-0.15, -0.1) is 0 Å². The minimum Gasteiger partial charge on any atom is -0.376 e.